The molecular formula is C20H22ClN3O4. The van der Waals surface area contributed by atoms with Gasteiger partial charge in [0.25, 0.3) is 0 Å². The summed E-state index contributed by atoms with van der Waals surface area (Å²) in [5.74, 6) is 0.829. The standard InChI is InChI=1S/C20H22ClN3O4/c1-11-7-16(24-20(26)22-13-6-4-5-12(21)8-13)19(25)23-15-10-18(28-3)17(27-2)9-14(11)15/h4-6,8-11,16H,7H2,1-3H3,(H,23,25)(H2,22,24,26). The number of anilines is 2. The Morgan fingerprint density at radius 1 is 1.18 bits per heavy atom. The lowest BCUT2D eigenvalue weighted by atomic mass is 9.94. The molecule has 2 unspecified atom stereocenters. The zero-order valence-corrected chi connectivity index (χ0v) is 16.6. The molecule has 28 heavy (non-hydrogen) atoms. The molecule has 1 aliphatic rings. The van der Waals surface area contributed by atoms with Crippen LogP contribution in [0, 0.1) is 0 Å². The Bertz CT molecular complexity index is 903. The topological polar surface area (TPSA) is 88.7 Å². The first-order valence-corrected chi connectivity index (χ1v) is 9.19. The number of halogens is 1. The third kappa shape index (κ3) is 4.31. The summed E-state index contributed by atoms with van der Waals surface area (Å²) in [6.45, 7) is 1.99. The maximum Gasteiger partial charge on any atom is 0.319 e. The molecule has 0 radical (unpaired) electrons. The summed E-state index contributed by atoms with van der Waals surface area (Å²) in [7, 11) is 3.10. The van der Waals surface area contributed by atoms with Crippen molar-refractivity contribution in [2.75, 3.05) is 24.9 Å². The molecule has 0 bridgehead atoms. The molecular weight excluding hydrogens is 382 g/mol. The van der Waals surface area contributed by atoms with Crippen molar-refractivity contribution in [1.29, 1.82) is 0 Å². The van der Waals surface area contributed by atoms with Gasteiger partial charge < -0.3 is 25.4 Å². The number of carbonyl (C=O) groups excluding carboxylic acids is 2. The van der Waals surface area contributed by atoms with Crippen LogP contribution in [0.1, 0.15) is 24.8 Å². The van der Waals surface area contributed by atoms with Gasteiger partial charge >= 0.3 is 6.03 Å². The maximum atomic E-state index is 12.7. The van der Waals surface area contributed by atoms with Gasteiger partial charge in [0, 0.05) is 22.5 Å². The van der Waals surface area contributed by atoms with E-state index < -0.39 is 12.1 Å². The summed E-state index contributed by atoms with van der Waals surface area (Å²) in [5.41, 5.74) is 2.12. The highest BCUT2D eigenvalue weighted by molar-refractivity contribution is 6.30. The minimum atomic E-state index is -0.696. The van der Waals surface area contributed by atoms with Crippen LogP contribution in [0.3, 0.4) is 0 Å². The first-order chi connectivity index (χ1) is 13.4. The molecule has 0 fully saturated rings. The molecule has 3 N–H and O–H groups in total. The smallest absolute Gasteiger partial charge is 0.319 e. The van der Waals surface area contributed by atoms with E-state index in [0.717, 1.165) is 5.56 Å². The number of fused-ring (bicyclic) bond motifs is 1. The first kappa shape index (κ1) is 19.8. The molecule has 1 heterocycles. The summed E-state index contributed by atoms with van der Waals surface area (Å²) in [5, 5.41) is 8.80. The van der Waals surface area contributed by atoms with Crippen LogP contribution >= 0.6 is 11.6 Å². The van der Waals surface area contributed by atoms with Gasteiger partial charge in [-0.2, -0.15) is 0 Å². The van der Waals surface area contributed by atoms with Crippen molar-refractivity contribution in [1.82, 2.24) is 5.32 Å². The van der Waals surface area contributed by atoms with E-state index in [1.165, 1.54) is 7.11 Å². The highest BCUT2D eigenvalue weighted by Gasteiger charge is 2.30. The minimum Gasteiger partial charge on any atom is -0.493 e. The fourth-order valence-corrected chi connectivity index (χ4v) is 3.42. The van der Waals surface area contributed by atoms with Gasteiger partial charge in [-0.05, 0) is 42.2 Å². The van der Waals surface area contributed by atoms with Crippen molar-refractivity contribution in [3.05, 3.63) is 47.0 Å². The second-order valence-electron chi connectivity index (χ2n) is 6.58. The van der Waals surface area contributed by atoms with Gasteiger partial charge in [0.1, 0.15) is 6.04 Å². The number of amides is 3. The SMILES string of the molecule is COc1cc2c(cc1OC)C(C)CC(NC(=O)Nc1cccc(Cl)c1)C(=O)N2. The number of nitrogens with one attached hydrogen (secondary N) is 3. The fourth-order valence-electron chi connectivity index (χ4n) is 3.23. The van der Waals surface area contributed by atoms with Crippen LogP contribution in [-0.2, 0) is 4.79 Å². The van der Waals surface area contributed by atoms with Crippen LogP contribution in [0.25, 0.3) is 0 Å². The molecule has 1 aliphatic heterocycles. The Kier molecular flexibility index (Phi) is 5.94. The summed E-state index contributed by atoms with van der Waals surface area (Å²) < 4.78 is 10.7. The molecule has 148 valence electrons. The fraction of sp³-hybridized carbons (Fsp3) is 0.300. The average molecular weight is 404 g/mol. The summed E-state index contributed by atoms with van der Waals surface area (Å²) in [6, 6.07) is 9.21. The second kappa shape index (κ2) is 8.39. The molecule has 0 saturated carbocycles. The number of methoxy groups -OCH3 is 2. The summed E-state index contributed by atoms with van der Waals surface area (Å²) in [6.07, 6.45) is 0.442. The van der Waals surface area contributed by atoms with E-state index in [9.17, 15) is 9.59 Å². The lowest BCUT2D eigenvalue weighted by molar-refractivity contribution is -0.118. The molecule has 0 aliphatic carbocycles. The van der Waals surface area contributed by atoms with Crippen molar-refractivity contribution in [2.45, 2.75) is 25.3 Å². The largest absolute Gasteiger partial charge is 0.493 e. The number of ether oxygens (including phenoxy) is 2. The monoisotopic (exact) mass is 403 g/mol. The van der Waals surface area contributed by atoms with Gasteiger partial charge in [-0.1, -0.05) is 24.6 Å². The maximum absolute atomic E-state index is 12.7. The van der Waals surface area contributed by atoms with Gasteiger partial charge in [-0.15, -0.1) is 0 Å². The molecule has 0 saturated heterocycles. The van der Waals surface area contributed by atoms with Crippen molar-refractivity contribution in [3.8, 4) is 11.5 Å². The normalized spacial score (nSPS) is 18.4. The molecule has 7 nitrogen and oxygen atoms in total. The molecule has 3 rings (SSSR count). The van der Waals surface area contributed by atoms with Crippen LogP contribution in [0.15, 0.2) is 36.4 Å². The van der Waals surface area contributed by atoms with Crippen molar-refractivity contribution in [3.63, 3.8) is 0 Å². The molecule has 2 aromatic carbocycles. The Labute approximate surface area is 168 Å². The predicted octanol–water partition coefficient (Wildman–Crippen LogP) is 3.99. The van der Waals surface area contributed by atoms with Gasteiger partial charge in [0.15, 0.2) is 11.5 Å². The lowest BCUT2D eigenvalue weighted by Gasteiger charge is -2.18. The Balaban J connectivity index is 1.76. The van der Waals surface area contributed by atoms with Crippen molar-refractivity contribution >= 4 is 34.9 Å². The number of rotatable bonds is 4. The molecule has 0 aromatic heterocycles. The minimum absolute atomic E-state index is 0.00484. The first-order valence-electron chi connectivity index (χ1n) is 8.81. The molecule has 0 spiro atoms. The molecule has 3 amide bonds. The van der Waals surface area contributed by atoms with Gasteiger partial charge in [-0.25, -0.2) is 4.79 Å². The van der Waals surface area contributed by atoms with E-state index >= 15 is 0 Å². The number of urea groups is 1. The number of carbonyl (C=O) groups is 2. The zero-order valence-electron chi connectivity index (χ0n) is 15.8. The summed E-state index contributed by atoms with van der Waals surface area (Å²) >= 11 is 5.93. The molecule has 2 aromatic rings. The lowest BCUT2D eigenvalue weighted by Crippen LogP contribution is -2.45. The summed E-state index contributed by atoms with van der Waals surface area (Å²) in [4.78, 5) is 25.0. The zero-order chi connectivity index (χ0) is 20.3. The predicted molar refractivity (Wildman–Crippen MR) is 109 cm³/mol. The Hall–Kier alpha value is -2.93. The van der Waals surface area contributed by atoms with E-state index in [1.54, 1.807) is 37.4 Å². The van der Waals surface area contributed by atoms with E-state index in [1.807, 2.05) is 13.0 Å². The third-order valence-electron chi connectivity index (χ3n) is 4.64. The third-order valence-corrected chi connectivity index (χ3v) is 4.87. The van der Waals surface area contributed by atoms with E-state index in [0.29, 0.717) is 34.3 Å². The van der Waals surface area contributed by atoms with Crippen LogP contribution in [0.5, 0.6) is 11.5 Å². The van der Waals surface area contributed by atoms with Crippen LogP contribution < -0.4 is 25.4 Å². The van der Waals surface area contributed by atoms with Crippen LogP contribution in [0.2, 0.25) is 5.02 Å². The van der Waals surface area contributed by atoms with E-state index in [4.69, 9.17) is 21.1 Å². The van der Waals surface area contributed by atoms with Crippen molar-refractivity contribution < 1.29 is 19.1 Å². The van der Waals surface area contributed by atoms with Gasteiger partial charge in [-0.3, -0.25) is 4.79 Å². The quantitative estimate of drug-likeness (QED) is 0.720. The van der Waals surface area contributed by atoms with Crippen molar-refractivity contribution in [2.24, 2.45) is 0 Å². The number of hydrogen-bond donors (Lipinski definition) is 3. The Morgan fingerprint density at radius 3 is 2.57 bits per heavy atom. The van der Waals surface area contributed by atoms with Crippen LogP contribution in [-0.4, -0.2) is 32.2 Å². The van der Waals surface area contributed by atoms with Crippen LogP contribution in [0.4, 0.5) is 16.2 Å². The second-order valence-corrected chi connectivity index (χ2v) is 7.02. The Morgan fingerprint density at radius 2 is 1.89 bits per heavy atom. The van der Waals surface area contributed by atoms with E-state index in [2.05, 4.69) is 16.0 Å². The number of hydrogen-bond acceptors (Lipinski definition) is 4. The van der Waals surface area contributed by atoms with Gasteiger partial charge in [0.05, 0.1) is 14.2 Å². The number of benzene rings is 2. The highest BCUT2D eigenvalue weighted by atomic mass is 35.5. The highest BCUT2D eigenvalue weighted by Crippen LogP contribution is 2.39. The van der Waals surface area contributed by atoms with E-state index in [-0.39, 0.29) is 11.8 Å². The average Bonchev–Trinajstić information content (AvgIpc) is 2.77. The molecule has 2 atom stereocenters. The van der Waals surface area contributed by atoms with Gasteiger partial charge in [0.2, 0.25) is 5.91 Å². The molecule has 8 heteroatoms.